The summed E-state index contributed by atoms with van der Waals surface area (Å²) in [5.74, 6) is -0.937. The van der Waals surface area contributed by atoms with E-state index in [2.05, 4.69) is 0 Å². The molecule has 0 radical (unpaired) electrons. The Morgan fingerprint density at radius 1 is 1.60 bits per heavy atom. The highest BCUT2D eigenvalue weighted by Gasteiger charge is 2.41. The fourth-order valence-corrected chi connectivity index (χ4v) is 1.71. The number of hydrogen-bond acceptors (Lipinski definition) is 4. The van der Waals surface area contributed by atoms with Gasteiger partial charge in [-0.15, -0.1) is 0 Å². The van der Waals surface area contributed by atoms with Crippen molar-refractivity contribution < 1.29 is 15.0 Å². The van der Waals surface area contributed by atoms with E-state index in [4.69, 9.17) is 10.8 Å². The van der Waals surface area contributed by atoms with Gasteiger partial charge in [-0.3, -0.25) is 4.79 Å². The first-order valence-corrected chi connectivity index (χ1v) is 5.20. The maximum absolute atomic E-state index is 10.9. The Morgan fingerprint density at radius 3 is 2.60 bits per heavy atom. The Kier molecular flexibility index (Phi) is 3.38. The number of carboxylic acid groups (broad SMARTS) is 1. The molecular weight excluding hydrogens is 196 g/mol. The monoisotopic (exact) mass is 216 g/mol. The van der Waals surface area contributed by atoms with Crippen LogP contribution in [0.15, 0.2) is 0 Å². The molecule has 1 atom stereocenters. The molecule has 0 aromatic heterocycles. The smallest absolute Gasteiger partial charge is 0.325 e. The van der Waals surface area contributed by atoms with Gasteiger partial charge in [0, 0.05) is 19.6 Å². The number of nitrogens with zero attached hydrogens (tertiary/aromatic N) is 1. The number of nitrogens with two attached hydrogens (primary N) is 1. The summed E-state index contributed by atoms with van der Waals surface area (Å²) in [7, 11) is 0. The summed E-state index contributed by atoms with van der Waals surface area (Å²) >= 11 is 0. The van der Waals surface area contributed by atoms with Crippen molar-refractivity contribution in [2.75, 3.05) is 19.6 Å². The average Bonchev–Trinajstić information content (AvgIpc) is 2.44. The van der Waals surface area contributed by atoms with Gasteiger partial charge in [-0.2, -0.15) is 0 Å². The summed E-state index contributed by atoms with van der Waals surface area (Å²) in [5.41, 5.74) is 3.92. The molecule has 5 heteroatoms. The molecule has 1 saturated heterocycles. The molecule has 1 fully saturated rings. The number of likely N-dealkylation sites (tertiary alicyclic amines) is 1. The Bertz CT molecular complexity index is 250. The van der Waals surface area contributed by atoms with E-state index in [1.807, 2.05) is 4.90 Å². The van der Waals surface area contributed by atoms with Crippen LogP contribution < -0.4 is 5.73 Å². The molecular formula is C10H20N2O3. The van der Waals surface area contributed by atoms with E-state index in [9.17, 15) is 9.90 Å². The maximum Gasteiger partial charge on any atom is 0.325 e. The van der Waals surface area contributed by atoms with Crippen LogP contribution in [0.4, 0.5) is 0 Å². The third-order valence-electron chi connectivity index (χ3n) is 2.85. The van der Waals surface area contributed by atoms with Crippen LogP contribution in [0.5, 0.6) is 0 Å². The molecule has 0 aromatic carbocycles. The summed E-state index contributed by atoms with van der Waals surface area (Å²) in [6.45, 7) is 5.25. The van der Waals surface area contributed by atoms with E-state index >= 15 is 0 Å². The van der Waals surface area contributed by atoms with Crippen LogP contribution in [0.25, 0.3) is 0 Å². The lowest BCUT2D eigenvalue weighted by Crippen LogP contribution is -2.50. The predicted octanol–water partition coefficient (Wildman–Crippen LogP) is -0.365. The van der Waals surface area contributed by atoms with Gasteiger partial charge in [0.1, 0.15) is 5.54 Å². The minimum absolute atomic E-state index is 0.373. The zero-order chi connectivity index (χ0) is 11.7. The summed E-state index contributed by atoms with van der Waals surface area (Å²) in [6.07, 6.45) is 1.11. The lowest BCUT2D eigenvalue weighted by molar-refractivity contribution is -0.142. The first-order valence-electron chi connectivity index (χ1n) is 5.20. The van der Waals surface area contributed by atoms with Gasteiger partial charge >= 0.3 is 5.97 Å². The second kappa shape index (κ2) is 4.08. The molecule has 0 amide bonds. The largest absolute Gasteiger partial charge is 0.480 e. The van der Waals surface area contributed by atoms with Crippen LogP contribution in [-0.2, 0) is 4.79 Å². The standard InChI is InChI=1S/C10H20N2O3/c1-9(2,15)3-5-12-6-4-10(11,7-12)8(13)14/h15H,3-7,11H2,1-2H3,(H,13,14). The van der Waals surface area contributed by atoms with E-state index in [1.165, 1.54) is 0 Å². The third kappa shape index (κ3) is 3.44. The molecule has 1 rings (SSSR count). The van der Waals surface area contributed by atoms with E-state index in [-0.39, 0.29) is 0 Å². The van der Waals surface area contributed by atoms with Crippen LogP contribution in [0, 0.1) is 0 Å². The van der Waals surface area contributed by atoms with Crippen molar-refractivity contribution in [2.45, 2.75) is 37.8 Å². The van der Waals surface area contributed by atoms with Crippen molar-refractivity contribution >= 4 is 5.97 Å². The minimum atomic E-state index is -1.10. The molecule has 88 valence electrons. The lowest BCUT2D eigenvalue weighted by Gasteiger charge is -2.23. The number of rotatable bonds is 4. The number of aliphatic carboxylic acids is 1. The highest BCUT2D eigenvalue weighted by Crippen LogP contribution is 2.20. The Morgan fingerprint density at radius 2 is 2.20 bits per heavy atom. The molecule has 1 unspecified atom stereocenters. The first-order chi connectivity index (χ1) is 6.73. The van der Waals surface area contributed by atoms with Crippen molar-refractivity contribution in [2.24, 2.45) is 5.73 Å². The van der Waals surface area contributed by atoms with Crippen molar-refractivity contribution in [3.63, 3.8) is 0 Å². The number of carboxylic acids is 1. The van der Waals surface area contributed by atoms with Gasteiger partial charge in [-0.05, 0) is 26.7 Å². The molecule has 0 aromatic rings. The fraction of sp³-hybridized carbons (Fsp3) is 0.900. The lowest BCUT2D eigenvalue weighted by atomic mass is 10.0. The van der Waals surface area contributed by atoms with Crippen molar-refractivity contribution in [1.82, 2.24) is 4.90 Å². The van der Waals surface area contributed by atoms with Crippen LogP contribution in [0.3, 0.4) is 0 Å². The molecule has 1 aliphatic rings. The van der Waals surface area contributed by atoms with E-state index in [0.29, 0.717) is 32.5 Å². The van der Waals surface area contributed by atoms with Crippen molar-refractivity contribution in [3.8, 4) is 0 Å². The fourth-order valence-electron chi connectivity index (χ4n) is 1.71. The zero-order valence-electron chi connectivity index (χ0n) is 9.36. The molecule has 1 aliphatic heterocycles. The van der Waals surface area contributed by atoms with Crippen LogP contribution in [-0.4, -0.2) is 51.9 Å². The summed E-state index contributed by atoms with van der Waals surface area (Å²) in [6, 6.07) is 0. The molecule has 5 nitrogen and oxygen atoms in total. The first kappa shape index (κ1) is 12.4. The van der Waals surface area contributed by atoms with Gasteiger partial charge in [0.05, 0.1) is 5.60 Å². The maximum atomic E-state index is 10.9. The van der Waals surface area contributed by atoms with E-state index < -0.39 is 17.1 Å². The van der Waals surface area contributed by atoms with Gasteiger partial charge in [-0.1, -0.05) is 0 Å². The van der Waals surface area contributed by atoms with Gasteiger partial charge in [-0.25, -0.2) is 0 Å². The van der Waals surface area contributed by atoms with Gasteiger partial charge in [0.15, 0.2) is 0 Å². The van der Waals surface area contributed by atoms with E-state index in [0.717, 1.165) is 0 Å². The molecule has 0 aliphatic carbocycles. The second-order valence-electron chi connectivity index (χ2n) is 5.05. The summed E-state index contributed by atoms with van der Waals surface area (Å²) in [5, 5.41) is 18.5. The van der Waals surface area contributed by atoms with Crippen LogP contribution in [0.2, 0.25) is 0 Å². The average molecular weight is 216 g/mol. The van der Waals surface area contributed by atoms with Crippen molar-refractivity contribution in [1.29, 1.82) is 0 Å². The third-order valence-corrected chi connectivity index (χ3v) is 2.85. The van der Waals surface area contributed by atoms with Crippen LogP contribution >= 0.6 is 0 Å². The molecule has 15 heavy (non-hydrogen) atoms. The normalized spacial score (nSPS) is 28.3. The van der Waals surface area contributed by atoms with Crippen molar-refractivity contribution in [3.05, 3.63) is 0 Å². The van der Waals surface area contributed by atoms with Gasteiger partial charge < -0.3 is 20.8 Å². The molecule has 0 bridgehead atoms. The number of carbonyl (C=O) groups is 1. The highest BCUT2D eigenvalue weighted by molar-refractivity contribution is 5.79. The van der Waals surface area contributed by atoms with Crippen LogP contribution in [0.1, 0.15) is 26.7 Å². The van der Waals surface area contributed by atoms with Gasteiger partial charge in [0.2, 0.25) is 0 Å². The minimum Gasteiger partial charge on any atom is -0.480 e. The second-order valence-corrected chi connectivity index (χ2v) is 5.05. The predicted molar refractivity (Wildman–Crippen MR) is 56.5 cm³/mol. The molecule has 0 saturated carbocycles. The zero-order valence-corrected chi connectivity index (χ0v) is 9.36. The topological polar surface area (TPSA) is 86.8 Å². The SMILES string of the molecule is CC(C)(O)CCN1CCC(N)(C(=O)O)C1. The number of aliphatic hydroxyl groups is 1. The molecule has 0 spiro atoms. The summed E-state index contributed by atoms with van der Waals surface area (Å²) in [4.78, 5) is 12.9. The Balaban J connectivity index is 2.41. The molecule has 4 N–H and O–H groups in total. The Hall–Kier alpha value is -0.650. The summed E-state index contributed by atoms with van der Waals surface area (Å²) < 4.78 is 0. The quantitative estimate of drug-likeness (QED) is 0.597. The highest BCUT2D eigenvalue weighted by atomic mass is 16.4. The molecule has 1 heterocycles. The van der Waals surface area contributed by atoms with E-state index in [1.54, 1.807) is 13.8 Å². The Labute approximate surface area is 89.9 Å². The number of hydrogen-bond donors (Lipinski definition) is 3. The van der Waals surface area contributed by atoms with Gasteiger partial charge in [0.25, 0.3) is 0 Å².